The predicted molar refractivity (Wildman–Crippen MR) is 73.4 cm³/mol. The van der Waals surface area contributed by atoms with E-state index in [1.807, 2.05) is 0 Å². The normalized spacial score (nSPS) is 11.3. The van der Waals surface area contributed by atoms with E-state index in [2.05, 4.69) is 36.2 Å². The maximum Gasteiger partial charge on any atom is 0.226 e. The van der Waals surface area contributed by atoms with Crippen molar-refractivity contribution in [3.63, 3.8) is 0 Å². The zero-order valence-corrected chi connectivity index (χ0v) is 12.0. The number of hydrogen-bond donors (Lipinski definition) is 1. The van der Waals surface area contributed by atoms with Crippen molar-refractivity contribution in [1.82, 2.24) is 15.5 Å². The molecule has 104 valence electrons. The van der Waals surface area contributed by atoms with E-state index in [-0.39, 0.29) is 0 Å². The molecular weight excluding hydrogens is 226 g/mol. The molecule has 4 nitrogen and oxygen atoms in total. The lowest BCUT2D eigenvalue weighted by atomic mass is 10.1. The Kier molecular flexibility index (Phi) is 7.65. The van der Waals surface area contributed by atoms with E-state index in [1.54, 1.807) is 0 Å². The second kappa shape index (κ2) is 9.09. The average molecular weight is 253 g/mol. The fourth-order valence-corrected chi connectivity index (χ4v) is 1.82. The number of nitrogens with zero attached hydrogens (tertiary/aromatic N) is 2. The maximum atomic E-state index is 5.22. The number of aryl methyl sites for hydroxylation is 1. The minimum Gasteiger partial charge on any atom is -0.339 e. The van der Waals surface area contributed by atoms with Crippen LogP contribution in [0.15, 0.2) is 4.52 Å². The number of hydrogen-bond acceptors (Lipinski definition) is 4. The third-order valence-electron chi connectivity index (χ3n) is 2.92. The molecule has 0 spiro atoms. The SMILES string of the molecule is CCCCCCCCc1nc(CNC(C)C)no1. The van der Waals surface area contributed by atoms with Gasteiger partial charge in [0.15, 0.2) is 5.82 Å². The summed E-state index contributed by atoms with van der Waals surface area (Å²) in [5, 5.41) is 7.25. The van der Waals surface area contributed by atoms with Crippen LogP contribution >= 0.6 is 0 Å². The molecule has 0 saturated heterocycles. The van der Waals surface area contributed by atoms with Crippen molar-refractivity contribution in [3.05, 3.63) is 11.7 Å². The molecule has 0 bridgehead atoms. The molecule has 0 saturated carbocycles. The predicted octanol–water partition coefficient (Wildman–Crippen LogP) is 3.47. The van der Waals surface area contributed by atoms with Crippen molar-refractivity contribution in [3.8, 4) is 0 Å². The van der Waals surface area contributed by atoms with E-state index in [0.29, 0.717) is 12.6 Å². The Balaban J connectivity index is 2.11. The highest BCUT2D eigenvalue weighted by molar-refractivity contribution is 4.86. The Hall–Kier alpha value is -0.900. The molecule has 0 radical (unpaired) electrons. The van der Waals surface area contributed by atoms with Crippen molar-refractivity contribution in [1.29, 1.82) is 0 Å². The molecular formula is C14H27N3O. The van der Waals surface area contributed by atoms with Crippen molar-refractivity contribution in [2.45, 2.75) is 78.3 Å². The van der Waals surface area contributed by atoms with Crippen LogP contribution in [-0.4, -0.2) is 16.2 Å². The Morgan fingerprint density at radius 3 is 2.56 bits per heavy atom. The lowest BCUT2D eigenvalue weighted by Gasteiger charge is -2.03. The van der Waals surface area contributed by atoms with Gasteiger partial charge in [-0.05, 0) is 6.42 Å². The van der Waals surface area contributed by atoms with Gasteiger partial charge in [0.1, 0.15) is 0 Å². The van der Waals surface area contributed by atoms with Gasteiger partial charge in [0.2, 0.25) is 5.89 Å². The van der Waals surface area contributed by atoms with Gasteiger partial charge in [-0.2, -0.15) is 4.98 Å². The minimum atomic E-state index is 0.450. The van der Waals surface area contributed by atoms with Crippen LogP contribution < -0.4 is 5.32 Å². The highest BCUT2D eigenvalue weighted by Crippen LogP contribution is 2.08. The van der Waals surface area contributed by atoms with E-state index in [0.717, 1.165) is 24.6 Å². The summed E-state index contributed by atoms with van der Waals surface area (Å²) in [6, 6.07) is 0.450. The smallest absolute Gasteiger partial charge is 0.226 e. The molecule has 0 aliphatic carbocycles. The summed E-state index contributed by atoms with van der Waals surface area (Å²) in [6.45, 7) is 7.15. The Morgan fingerprint density at radius 1 is 1.11 bits per heavy atom. The van der Waals surface area contributed by atoms with Crippen LogP contribution in [0.25, 0.3) is 0 Å². The lowest BCUT2D eigenvalue weighted by molar-refractivity contribution is 0.366. The van der Waals surface area contributed by atoms with Gasteiger partial charge >= 0.3 is 0 Å². The first-order valence-electron chi connectivity index (χ1n) is 7.27. The van der Waals surface area contributed by atoms with Gasteiger partial charge in [-0.3, -0.25) is 0 Å². The second-order valence-electron chi connectivity index (χ2n) is 5.16. The molecule has 0 fully saturated rings. The molecule has 1 aromatic rings. The van der Waals surface area contributed by atoms with Gasteiger partial charge in [-0.25, -0.2) is 0 Å². The average Bonchev–Trinajstić information content (AvgIpc) is 2.79. The highest BCUT2D eigenvalue weighted by Gasteiger charge is 2.06. The van der Waals surface area contributed by atoms with Crippen LogP contribution in [0.5, 0.6) is 0 Å². The van der Waals surface area contributed by atoms with Gasteiger partial charge in [0.25, 0.3) is 0 Å². The van der Waals surface area contributed by atoms with Crippen molar-refractivity contribution >= 4 is 0 Å². The Labute approximate surface area is 111 Å². The van der Waals surface area contributed by atoms with Crippen molar-refractivity contribution < 1.29 is 4.52 Å². The molecule has 0 aliphatic rings. The summed E-state index contributed by atoms with van der Waals surface area (Å²) in [7, 11) is 0. The molecule has 0 atom stereocenters. The fraction of sp³-hybridized carbons (Fsp3) is 0.857. The number of rotatable bonds is 10. The molecule has 1 aromatic heterocycles. The Morgan fingerprint density at radius 2 is 1.83 bits per heavy atom. The summed E-state index contributed by atoms with van der Waals surface area (Å²) in [6.07, 6.45) is 8.67. The van der Waals surface area contributed by atoms with Crippen molar-refractivity contribution in [2.24, 2.45) is 0 Å². The largest absolute Gasteiger partial charge is 0.339 e. The first kappa shape index (κ1) is 15.2. The van der Waals surface area contributed by atoms with Crippen LogP contribution in [-0.2, 0) is 13.0 Å². The third kappa shape index (κ3) is 6.74. The number of nitrogens with one attached hydrogen (secondary N) is 1. The van der Waals surface area contributed by atoms with Gasteiger partial charge in [-0.1, -0.05) is 58.0 Å². The first-order valence-corrected chi connectivity index (χ1v) is 7.27. The summed E-state index contributed by atoms with van der Waals surface area (Å²) in [5.41, 5.74) is 0. The maximum absolute atomic E-state index is 5.22. The van der Waals surface area contributed by atoms with Gasteiger partial charge in [0.05, 0.1) is 6.54 Å². The first-order chi connectivity index (χ1) is 8.72. The van der Waals surface area contributed by atoms with Gasteiger partial charge in [0, 0.05) is 12.5 Å². The van der Waals surface area contributed by atoms with E-state index in [4.69, 9.17) is 4.52 Å². The molecule has 4 heteroatoms. The summed E-state index contributed by atoms with van der Waals surface area (Å²) >= 11 is 0. The van der Waals surface area contributed by atoms with E-state index in [1.165, 1.54) is 32.1 Å². The number of aromatic nitrogens is 2. The molecule has 1 N–H and O–H groups in total. The van der Waals surface area contributed by atoms with Crippen LogP contribution in [0.4, 0.5) is 0 Å². The summed E-state index contributed by atoms with van der Waals surface area (Å²) in [5.74, 6) is 1.55. The van der Waals surface area contributed by atoms with Gasteiger partial charge in [-0.15, -0.1) is 0 Å². The standard InChI is InChI=1S/C14H27N3O/c1-4-5-6-7-8-9-10-14-16-13(17-18-14)11-15-12(2)3/h12,15H,4-11H2,1-3H3. The Bertz CT molecular complexity index is 310. The monoisotopic (exact) mass is 253 g/mol. The van der Waals surface area contributed by atoms with Crippen LogP contribution in [0.2, 0.25) is 0 Å². The molecule has 1 rings (SSSR count). The van der Waals surface area contributed by atoms with E-state index in [9.17, 15) is 0 Å². The molecule has 18 heavy (non-hydrogen) atoms. The molecule has 1 heterocycles. The minimum absolute atomic E-state index is 0.450. The zero-order valence-electron chi connectivity index (χ0n) is 12.0. The fourth-order valence-electron chi connectivity index (χ4n) is 1.82. The highest BCUT2D eigenvalue weighted by atomic mass is 16.5. The number of unbranched alkanes of at least 4 members (excludes halogenated alkanes) is 5. The summed E-state index contributed by atoms with van der Waals surface area (Å²) < 4.78 is 5.22. The molecule has 0 aliphatic heterocycles. The molecule has 0 aromatic carbocycles. The quantitative estimate of drug-likeness (QED) is 0.649. The molecule has 0 unspecified atom stereocenters. The van der Waals surface area contributed by atoms with Crippen LogP contribution in [0.1, 0.15) is 71.0 Å². The lowest BCUT2D eigenvalue weighted by Crippen LogP contribution is -2.22. The van der Waals surface area contributed by atoms with Crippen molar-refractivity contribution in [2.75, 3.05) is 0 Å². The van der Waals surface area contributed by atoms with Gasteiger partial charge < -0.3 is 9.84 Å². The van der Waals surface area contributed by atoms with Crippen LogP contribution in [0.3, 0.4) is 0 Å². The van der Waals surface area contributed by atoms with E-state index < -0.39 is 0 Å². The topological polar surface area (TPSA) is 51.0 Å². The van der Waals surface area contributed by atoms with Crippen LogP contribution in [0, 0.1) is 0 Å². The zero-order chi connectivity index (χ0) is 13.2. The molecule has 0 amide bonds. The second-order valence-corrected chi connectivity index (χ2v) is 5.16. The third-order valence-corrected chi connectivity index (χ3v) is 2.92. The summed E-state index contributed by atoms with van der Waals surface area (Å²) in [4.78, 5) is 4.38. The van der Waals surface area contributed by atoms with E-state index >= 15 is 0 Å².